The molecule has 2 aromatic rings. The molecule has 4 atom stereocenters. The van der Waals surface area contributed by atoms with E-state index < -0.39 is 31.2 Å². The van der Waals surface area contributed by atoms with Crippen LogP contribution in [0.5, 0.6) is 5.75 Å². The number of ether oxygens (including phenoxy) is 2. The molecular formula is C13H14ClNO5. The first-order valence-electron chi connectivity index (χ1n) is 6.16. The van der Waals surface area contributed by atoms with E-state index in [4.69, 9.17) is 26.2 Å². The van der Waals surface area contributed by atoms with Crippen molar-refractivity contribution in [2.45, 2.75) is 24.6 Å². The normalized spacial score (nSPS) is 30.0. The lowest BCUT2D eigenvalue weighted by Crippen LogP contribution is -2.35. The molecule has 1 saturated heterocycles. The van der Waals surface area contributed by atoms with Crippen LogP contribution in [-0.4, -0.2) is 51.5 Å². The molecule has 7 heteroatoms. The molecule has 1 aliphatic rings. The van der Waals surface area contributed by atoms with Gasteiger partial charge in [0.1, 0.15) is 24.1 Å². The third kappa shape index (κ3) is 2.15. The second-order valence-electron chi connectivity index (χ2n) is 4.64. The van der Waals surface area contributed by atoms with Gasteiger partial charge in [0, 0.05) is 6.20 Å². The van der Waals surface area contributed by atoms with Crippen LogP contribution in [0.1, 0.15) is 0 Å². The van der Waals surface area contributed by atoms with Gasteiger partial charge in [-0.25, -0.2) is 0 Å². The second kappa shape index (κ2) is 5.23. The fourth-order valence-corrected chi connectivity index (χ4v) is 2.56. The Morgan fingerprint density at radius 1 is 1.30 bits per heavy atom. The Kier molecular flexibility index (Phi) is 3.57. The van der Waals surface area contributed by atoms with Gasteiger partial charge in [-0.15, -0.1) is 0 Å². The van der Waals surface area contributed by atoms with Crippen LogP contribution in [0.25, 0.3) is 10.9 Å². The molecule has 1 aromatic heterocycles. The van der Waals surface area contributed by atoms with Crippen molar-refractivity contribution in [1.29, 1.82) is 0 Å². The summed E-state index contributed by atoms with van der Waals surface area (Å²) in [6, 6.07) is 5.37. The minimum Gasteiger partial charge on any atom is -0.460 e. The molecule has 2 heterocycles. The summed E-state index contributed by atoms with van der Waals surface area (Å²) in [7, 11) is 0. The maximum absolute atomic E-state index is 9.84. The van der Waals surface area contributed by atoms with Crippen LogP contribution in [0.4, 0.5) is 0 Å². The summed E-state index contributed by atoms with van der Waals surface area (Å²) in [5, 5.41) is 29.7. The Morgan fingerprint density at radius 2 is 2.10 bits per heavy atom. The van der Waals surface area contributed by atoms with Gasteiger partial charge < -0.3 is 29.8 Å². The van der Waals surface area contributed by atoms with Gasteiger partial charge in [-0.2, -0.15) is 0 Å². The van der Waals surface area contributed by atoms with Crippen LogP contribution in [0.15, 0.2) is 24.4 Å². The number of hydrogen-bond acceptors (Lipinski definition) is 5. The average molecular weight is 300 g/mol. The maximum atomic E-state index is 9.84. The molecule has 0 aliphatic carbocycles. The van der Waals surface area contributed by atoms with Gasteiger partial charge >= 0.3 is 0 Å². The van der Waals surface area contributed by atoms with Crippen molar-refractivity contribution < 1.29 is 24.8 Å². The summed E-state index contributed by atoms with van der Waals surface area (Å²) in [4.78, 5) is 3.00. The highest BCUT2D eigenvalue weighted by atomic mass is 35.5. The molecule has 0 amide bonds. The number of hydrogen-bond donors (Lipinski definition) is 4. The summed E-state index contributed by atoms with van der Waals surface area (Å²) in [6.07, 6.45) is -2.75. The molecule has 1 aliphatic heterocycles. The number of aliphatic hydroxyl groups excluding tert-OH is 3. The lowest BCUT2D eigenvalue weighted by Gasteiger charge is -2.16. The number of aromatic amines is 1. The maximum Gasteiger partial charge on any atom is 0.229 e. The minimum absolute atomic E-state index is 0.396. The zero-order valence-electron chi connectivity index (χ0n) is 10.4. The highest BCUT2D eigenvalue weighted by Crippen LogP contribution is 2.34. The SMILES string of the molecule is OC[C@H]1OC(Oc2c[nH]c3cccc(Cl)c23)[C@H](O)[C@H]1O. The molecule has 1 unspecified atom stereocenters. The molecule has 108 valence electrons. The van der Waals surface area contributed by atoms with Crippen LogP contribution in [0, 0.1) is 0 Å². The Balaban J connectivity index is 1.87. The fraction of sp³-hybridized carbons (Fsp3) is 0.385. The third-order valence-corrected chi connectivity index (χ3v) is 3.68. The molecule has 20 heavy (non-hydrogen) atoms. The topological polar surface area (TPSA) is 94.9 Å². The van der Waals surface area contributed by atoms with Crippen molar-refractivity contribution in [2.24, 2.45) is 0 Å². The van der Waals surface area contributed by atoms with Crippen LogP contribution in [-0.2, 0) is 4.74 Å². The van der Waals surface area contributed by atoms with Gasteiger partial charge in [-0.3, -0.25) is 0 Å². The Bertz CT molecular complexity index is 616. The average Bonchev–Trinajstić information content (AvgIpc) is 2.97. The first-order chi connectivity index (χ1) is 9.61. The van der Waals surface area contributed by atoms with Gasteiger partial charge in [0.25, 0.3) is 0 Å². The van der Waals surface area contributed by atoms with Crippen molar-refractivity contribution in [3.63, 3.8) is 0 Å². The van der Waals surface area contributed by atoms with Gasteiger partial charge in [-0.05, 0) is 12.1 Å². The van der Waals surface area contributed by atoms with Crippen LogP contribution in [0.2, 0.25) is 5.02 Å². The number of rotatable bonds is 3. The summed E-state index contributed by atoms with van der Waals surface area (Å²) in [5.41, 5.74) is 0.791. The van der Waals surface area contributed by atoms with Gasteiger partial charge in [0.05, 0.1) is 22.5 Å². The number of aromatic nitrogens is 1. The van der Waals surface area contributed by atoms with Gasteiger partial charge in [0.15, 0.2) is 0 Å². The minimum atomic E-state index is -1.24. The number of benzene rings is 1. The smallest absolute Gasteiger partial charge is 0.229 e. The predicted molar refractivity (Wildman–Crippen MR) is 71.7 cm³/mol. The van der Waals surface area contributed by atoms with Crippen LogP contribution in [0.3, 0.4) is 0 Å². The lowest BCUT2D eigenvalue weighted by molar-refractivity contribution is -0.115. The number of aliphatic hydroxyl groups is 3. The Morgan fingerprint density at radius 3 is 2.80 bits per heavy atom. The molecular weight excluding hydrogens is 286 g/mol. The molecule has 0 saturated carbocycles. The standard InChI is InChI=1S/C13H14ClNO5/c14-6-2-1-3-7-10(6)8(4-15-7)19-13-12(18)11(17)9(5-16)20-13/h1-4,9,11-13,15-18H,5H2/t9-,11+,12-,13?/m1/s1. The quantitative estimate of drug-likeness (QED) is 0.667. The van der Waals surface area contributed by atoms with Crippen molar-refractivity contribution >= 4 is 22.5 Å². The van der Waals surface area contributed by atoms with E-state index in [-0.39, 0.29) is 0 Å². The molecule has 3 rings (SSSR count). The molecule has 6 nitrogen and oxygen atoms in total. The van der Waals surface area contributed by atoms with Crippen molar-refractivity contribution in [3.05, 3.63) is 29.4 Å². The highest BCUT2D eigenvalue weighted by Gasteiger charge is 2.44. The van der Waals surface area contributed by atoms with Gasteiger partial charge in [-0.1, -0.05) is 17.7 Å². The van der Waals surface area contributed by atoms with Crippen LogP contribution < -0.4 is 4.74 Å². The molecule has 1 aromatic carbocycles. The highest BCUT2D eigenvalue weighted by molar-refractivity contribution is 6.36. The van der Waals surface area contributed by atoms with E-state index in [1.807, 2.05) is 6.07 Å². The molecule has 0 radical (unpaired) electrons. The largest absolute Gasteiger partial charge is 0.460 e. The number of fused-ring (bicyclic) bond motifs is 1. The van der Waals surface area contributed by atoms with E-state index in [0.29, 0.717) is 16.2 Å². The third-order valence-electron chi connectivity index (χ3n) is 3.36. The fourth-order valence-electron chi connectivity index (χ4n) is 2.29. The first kappa shape index (κ1) is 13.7. The number of nitrogens with one attached hydrogen (secondary N) is 1. The van der Waals surface area contributed by atoms with E-state index in [9.17, 15) is 10.2 Å². The lowest BCUT2D eigenvalue weighted by atomic mass is 10.1. The van der Waals surface area contributed by atoms with E-state index in [1.165, 1.54) is 0 Å². The zero-order chi connectivity index (χ0) is 14.3. The number of halogens is 1. The summed E-state index contributed by atoms with van der Waals surface area (Å²) < 4.78 is 10.8. The van der Waals surface area contributed by atoms with E-state index in [2.05, 4.69) is 4.98 Å². The zero-order valence-corrected chi connectivity index (χ0v) is 11.1. The van der Waals surface area contributed by atoms with Gasteiger partial charge in [0.2, 0.25) is 6.29 Å². The van der Waals surface area contributed by atoms with E-state index in [1.54, 1.807) is 18.3 Å². The van der Waals surface area contributed by atoms with Crippen LogP contribution >= 0.6 is 11.6 Å². The molecule has 1 fully saturated rings. The van der Waals surface area contributed by atoms with E-state index in [0.717, 1.165) is 5.52 Å². The molecule has 0 spiro atoms. The first-order valence-corrected chi connectivity index (χ1v) is 6.54. The Labute approximate surface area is 119 Å². The predicted octanol–water partition coefficient (Wildman–Crippen LogP) is 0.639. The molecule has 0 bridgehead atoms. The summed E-state index contributed by atoms with van der Waals surface area (Å²) in [6.45, 7) is -0.396. The molecule has 4 N–H and O–H groups in total. The van der Waals surface area contributed by atoms with Crippen molar-refractivity contribution in [1.82, 2.24) is 4.98 Å². The van der Waals surface area contributed by atoms with Crippen molar-refractivity contribution in [2.75, 3.05) is 6.61 Å². The number of H-pyrrole nitrogens is 1. The monoisotopic (exact) mass is 299 g/mol. The second-order valence-corrected chi connectivity index (χ2v) is 5.05. The summed E-state index contributed by atoms with van der Waals surface area (Å²) >= 11 is 6.12. The van der Waals surface area contributed by atoms with Crippen molar-refractivity contribution in [3.8, 4) is 5.75 Å². The van der Waals surface area contributed by atoms with E-state index >= 15 is 0 Å². The Hall–Kier alpha value is -1.31. The summed E-state index contributed by atoms with van der Waals surface area (Å²) in [5.74, 6) is 0.417.